The van der Waals surface area contributed by atoms with Crippen LogP contribution in [0.4, 0.5) is 0 Å². The van der Waals surface area contributed by atoms with E-state index < -0.39 is 11.6 Å². The normalized spacial score (nSPS) is 29.0. The number of hydrogen-bond donors (Lipinski definition) is 3. The van der Waals surface area contributed by atoms with Crippen LogP contribution in [0.15, 0.2) is 0 Å². The number of nitrogens with two attached hydrogens (primary N) is 1. The molecule has 3 atom stereocenters. The van der Waals surface area contributed by atoms with Gasteiger partial charge in [0.25, 0.3) is 0 Å². The van der Waals surface area contributed by atoms with Crippen molar-refractivity contribution in [1.82, 2.24) is 5.32 Å². The van der Waals surface area contributed by atoms with E-state index in [1.165, 1.54) is 0 Å². The van der Waals surface area contributed by atoms with Gasteiger partial charge in [-0.15, -0.1) is 12.4 Å². The smallest absolute Gasteiger partial charge is 0.240 e. The minimum absolute atomic E-state index is 0. The lowest BCUT2D eigenvalue weighted by Gasteiger charge is -2.57. The second-order valence-electron chi connectivity index (χ2n) is 5.99. The lowest BCUT2D eigenvalue weighted by atomic mass is 9.54. The van der Waals surface area contributed by atoms with Gasteiger partial charge in [-0.2, -0.15) is 0 Å². The first-order chi connectivity index (χ1) is 8.79. The molecule has 0 heterocycles. The van der Waals surface area contributed by atoms with Crippen molar-refractivity contribution < 1.29 is 14.6 Å². The van der Waals surface area contributed by atoms with E-state index in [0.29, 0.717) is 19.4 Å². The lowest BCUT2D eigenvalue weighted by molar-refractivity contribution is -0.170. The Labute approximate surface area is 128 Å². The number of nitrogens with one attached hydrogen (secondary N) is 1. The maximum absolute atomic E-state index is 12.2. The SMILES string of the molecule is CCCC(O)CNC(=O)C1(N)CC(OCC)C1(C)C.Cl. The Morgan fingerprint density at radius 3 is 2.55 bits per heavy atom. The minimum atomic E-state index is -0.904. The molecule has 3 unspecified atom stereocenters. The highest BCUT2D eigenvalue weighted by Crippen LogP contribution is 2.49. The van der Waals surface area contributed by atoms with Gasteiger partial charge >= 0.3 is 0 Å². The fraction of sp³-hybridized carbons (Fsp3) is 0.929. The molecular weight excluding hydrogens is 280 g/mol. The van der Waals surface area contributed by atoms with Crippen molar-refractivity contribution in [3.8, 4) is 0 Å². The summed E-state index contributed by atoms with van der Waals surface area (Å²) in [7, 11) is 0. The summed E-state index contributed by atoms with van der Waals surface area (Å²) in [6.45, 7) is 8.74. The fourth-order valence-corrected chi connectivity index (χ4v) is 2.62. The number of ether oxygens (including phenoxy) is 1. The minimum Gasteiger partial charge on any atom is -0.391 e. The Morgan fingerprint density at radius 1 is 1.50 bits per heavy atom. The molecule has 0 aromatic carbocycles. The van der Waals surface area contributed by atoms with Gasteiger partial charge in [-0.3, -0.25) is 4.79 Å². The van der Waals surface area contributed by atoms with E-state index >= 15 is 0 Å². The van der Waals surface area contributed by atoms with E-state index in [4.69, 9.17) is 10.5 Å². The summed E-state index contributed by atoms with van der Waals surface area (Å²) in [4.78, 5) is 12.2. The van der Waals surface area contributed by atoms with Gasteiger partial charge in [0.2, 0.25) is 5.91 Å². The maximum Gasteiger partial charge on any atom is 0.240 e. The van der Waals surface area contributed by atoms with Crippen LogP contribution in [0, 0.1) is 5.41 Å². The van der Waals surface area contributed by atoms with Gasteiger partial charge in [0.05, 0.1) is 12.2 Å². The molecule has 1 rings (SSSR count). The van der Waals surface area contributed by atoms with Crippen LogP contribution in [0.3, 0.4) is 0 Å². The number of carbonyl (C=O) groups is 1. The monoisotopic (exact) mass is 308 g/mol. The molecule has 4 N–H and O–H groups in total. The van der Waals surface area contributed by atoms with Gasteiger partial charge in [-0.1, -0.05) is 27.2 Å². The molecule has 1 aliphatic carbocycles. The maximum atomic E-state index is 12.2. The van der Waals surface area contributed by atoms with Gasteiger partial charge in [0.15, 0.2) is 0 Å². The Morgan fingerprint density at radius 2 is 2.10 bits per heavy atom. The van der Waals surface area contributed by atoms with Crippen LogP contribution < -0.4 is 11.1 Å². The number of carbonyl (C=O) groups excluding carboxylic acids is 1. The number of aliphatic hydroxyl groups excluding tert-OH is 1. The average Bonchev–Trinajstić information content (AvgIpc) is 2.35. The Hall–Kier alpha value is -0.360. The second-order valence-corrected chi connectivity index (χ2v) is 5.99. The Kier molecular flexibility index (Phi) is 7.46. The van der Waals surface area contributed by atoms with E-state index in [-0.39, 0.29) is 36.4 Å². The third kappa shape index (κ3) is 3.64. The molecule has 0 spiro atoms. The molecule has 0 saturated heterocycles. The zero-order valence-electron chi connectivity index (χ0n) is 12.9. The largest absolute Gasteiger partial charge is 0.391 e. The highest BCUT2D eigenvalue weighted by molar-refractivity contribution is 5.88. The summed E-state index contributed by atoms with van der Waals surface area (Å²) < 4.78 is 5.59. The summed E-state index contributed by atoms with van der Waals surface area (Å²) in [5.74, 6) is -0.191. The summed E-state index contributed by atoms with van der Waals surface area (Å²) in [6, 6.07) is 0. The number of amides is 1. The molecule has 1 amide bonds. The molecule has 0 aliphatic heterocycles. The van der Waals surface area contributed by atoms with Crippen molar-refractivity contribution in [1.29, 1.82) is 0 Å². The molecule has 0 aromatic heterocycles. The van der Waals surface area contributed by atoms with Crippen molar-refractivity contribution in [2.24, 2.45) is 11.1 Å². The Bertz CT molecular complexity index is 326. The molecule has 1 fully saturated rings. The molecule has 1 aliphatic rings. The molecule has 0 aromatic rings. The van der Waals surface area contributed by atoms with Crippen molar-refractivity contribution in [3.63, 3.8) is 0 Å². The van der Waals surface area contributed by atoms with E-state index in [9.17, 15) is 9.90 Å². The molecule has 6 heteroatoms. The molecule has 120 valence electrons. The molecule has 20 heavy (non-hydrogen) atoms. The topological polar surface area (TPSA) is 84.6 Å². The lowest BCUT2D eigenvalue weighted by Crippen LogP contribution is -2.76. The van der Waals surface area contributed by atoms with Crippen LogP contribution in [-0.2, 0) is 9.53 Å². The van der Waals surface area contributed by atoms with Crippen molar-refractivity contribution in [2.75, 3.05) is 13.2 Å². The van der Waals surface area contributed by atoms with Crippen LogP contribution in [0.2, 0.25) is 0 Å². The summed E-state index contributed by atoms with van der Waals surface area (Å²) in [6.07, 6.45) is 1.63. The first kappa shape index (κ1) is 19.6. The van der Waals surface area contributed by atoms with Crippen molar-refractivity contribution in [3.05, 3.63) is 0 Å². The number of aliphatic hydroxyl groups is 1. The quantitative estimate of drug-likeness (QED) is 0.660. The molecule has 0 radical (unpaired) electrons. The third-order valence-electron chi connectivity index (χ3n) is 4.36. The molecule has 0 bridgehead atoms. The number of halogens is 1. The highest BCUT2D eigenvalue weighted by atomic mass is 35.5. The van der Waals surface area contributed by atoms with Gasteiger partial charge < -0.3 is 20.9 Å². The zero-order valence-corrected chi connectivity index (χ0v) is 13.8. The van der Waals surface area contributed by atoms with E-state index in [0.717, 1.165) is 6.42 Å². The van der Waals surface area contributed by atoms with Crippen LogP contribution in [0.25, 0.3) is 0 Å². The van der Waals surface area contributed by atoms with Crippen LogP contribution >= 0.6 is 12.4 Å². The van der Waals surface area contributed by atoms with Gasteiger partial charge in [-0.05, 0) is 13.3 Å². The predicted octanol–water partition coefficient (Wildman–Crippen LogP) is 1.22. The second kappa shape index (κ2) is 7.59. The number of hydrogen-bond acceptors (Lipinski definition) is 4. The first-order valence-electron chi connectivity index (χ1n) is 7.16. The molecular formula is C14H29ClN2O3. The van der Waals surface area contributed by atoms with E-state index in [1.54, 1.807) is 0 Å². The predicted molar refractivity (Wildman–Crippen MR) is 81.9 cm³/mol. The van der Waals surface area contributed by atoms with E-state index in [1.807, 2.05) is 27.7 Å². The van der Waals surface area contributed by atoms with E-state index in [2.05, 4.69) is 5.32 Å². The van der Waals surface area contributed by atoms with Crippen LogP contribution in [0.1, 0.15) is 47.0 Å². The summed E-state index contributed by atoms with van der Waals surface area (Å²) in [5, 5.41) is 12.4. The zero-order chi connectivity index (χ0) is 14.7. The van der Waals surface area contributed by atoms with Gasteiger partial charge in [0, 0.05) is 25.0 Å². The number of rotatable bonds is 7. The van der Waals surface area contributed by atoms with Crippen LogP contribution in [-0.4, -0.2) is 41.9 Å². The fourth-order valence-electron chi connectivity index (χ4n) is 2.62. The summed E-state index contributed by atoms with van der Waals surface area (Å²) >= 11 is 0. The van der Waals surface area contributed by atoms with Crippen molar-refractivity contribution in [2.45, 2.75) is 64.7 Å². The van der Waals surface area contributed by atoms with Gasteiger partial charge in [-0.25, -0.2) is 0 Å². The first-order valence-corrected chi connectivity index (χ1v) is 7.16. The summed E-state index contributed by atoms with van der Waals surface area (Å²) in [5.41, 5.74) is 4.94. The Balaban J connectivity index is 0.00000361. The van der Waals surface area contributed by atoms with Crippen LogP contribution in [0.5, 0.6) is 0 Å². The van der Waals surface area contributed by atoms with Crippen molar-refractivity contribution >= 4 is 18.3 Å². The molecule has 1 saturated carbocycles. The average molecular weight is 309 g/mol. The highest BCUT2D eigenvalue weighted by Gasteiger charge is 2.62. The van der Waals surface area contributed by atoms with Gasteiger partial charge in [0.1, 0.15) is 5.54 Å². The molecule has 5 nitrogen and oxygen atoms in total. The standard InChI is InChI=1S/C14H28N2O3.ClH/c1-5-7-10(17)9-16-12(18)14(15)8-11(19-6-2)13(14,3)4;/h10-11,17H,5-9,15H2,1-4H3,(H,16,18);1H. The third-order valence-corrected chi connectivity index (χ3v) is 4.36.